The number of halogens is 3. The Balaban J connectivity index is 0.00000376. The Morgan fingerprint density at radius 2 is 1.72 bits per heavy atom. The van der Waals surface area contributed by atoms with Gasteiger partial charge in [-0.2, -0.15) is 4.31 Å². The Kier molecular flexibility index (Phi) is 16.2. The smallest absolute Gasteiger partial charge is 0.406 e. The van der Waals surface area contributed by atoms with Gasteiger partial charge in [-0.1, -0.05) is 69.3 Å². The number of sulfonamides is 1. The number of ether oxygens (including phenoxy) is 1. The van der Waals surface area contributed by atoms with Crippen molar-refractivity contribution < 1.29 is 41.0 Å². The number of hydrogen-bond donors (Lipinski definition) is 3. The van der Waals surface area contributed by atoms with Crippen molar-refractivity contribution in [3.05, 3.63) is 71.1 Å². The van der Waals surface area contributed by atoms with E-state index in [4.69, 9.17) is 5.11 Å². The number of aliphatic hydroxyl groups is 1. The van der Waals surface area contributed by atoms with Gasteiger partial charge >= 0.3 is 12.4 Å². The Labute approximate surface area is 278 Å². The molecule has 260 valence electrons. The van der Waals surface area contributed by atoms with E-state index >= 15 is 0 Å². The molecule has 16 heteroatoms. The number of aryl methyl sites for hydroxylation is 1. The molecule has 0 spiro atoms. The molecule has 0 radical (unpaired) electrons. The van der Waals surface area contributed by atoms with E-state index in [0.29, 0.717) is 6.42 Å². The van der Waals surface area contributed by atoms with E-state index in [2.05, 4.69) is 27.3 Å². The third-order valence-corrected chi connectivity index (χ3v) is 9.36. The van der Waals surface area contributed by atoms with Crippen molar-refractivity contribution in [2.45, 2.75) is 63.9 Å². The maximum absolute atomic E-state index is 13.7. The summed E-state index contributed by atoms with van der Waals surface area (Å²) in [5.74, 6) is -1.25. The van der Waals surface area contributed by atoms with Crippen molar-refractivity contribution >= 4 is 38.9 Å². The molecule has 3 rings (SSSR count). The number of aliphatic hydroxyl groups excluding tert-OH is 1. The van der Waals surface area contributed by atoms with E-state index in [1.54, 1.807) is 11.5 Å². The fraction of sp³-hybridized carbons (Fsp3) is 0.452. The van der Waals surface area contributed by atoms with Crippen molar-refractivity contribution in [1.82, 2.24) is 19.8 Å². The minimum Gasteiger partial charge on any atom is -0.406 e. The molecular formula is C31H42F3N5O6S2. The highest BCUT2D eigenvalue weighted by atomic mass is 32.2. The molecule has 1 aliphatic rings. The zero-order chi connectivity index (χ0) is 35.0. The van der Waals surface area contributed by atoms with Crippen LogP contribution in [0.3, 0.4) is 0 Å². The molecule has 0 aromatic heterocycles. The van der Waals surface area contributed by atoms with E-state index < -0.39 is 40.1 Å². The largest absolute Gasteiger partial charge is 0.573 e. The molecule has 1 aliphatic heterocycles. The number of nitrogens with zero attached hydrogens (tertiary/aromatic N) is 3. The second-order valence-electron chi connectivity index (χ2n) is 9.84. The third-order valence-electron chi connectivity index (χ3n) is 6.60. The van der Waals surface area contributed by atoms with Crippen LogP contribution in [0.5, 0.6) is 5.75 Å². The predicted molar refractivity (Wildman–Crippen MR) is 176 cm³/mol. The summed E-state index contributed by atoms with van der Waals surface area (Å²) >= 11 is 1.11. The van der Waals surface area contributed by atoms with Crippen LogP contribution in [0.4, 0.5) is 18.0 Å². The summed E-state index contributed by atoms with van der Waals surface area (Å²) in [4.78, 5) is 31.6. The summed E-state index contributed by atoms with van der Waals surface area (Å²) in [6.07, 6.45) is -0.940. The lowest BCUT2D eigenvalue weighted by Crippen LogP contribution is -2.62. The van der Waals surface area contributed by atoms with Crippen LogP contribution < -0.4 is 15.4 Å². The number of benzene rings is 2. The number of piperazine rings is 1. The number of amidine groups is 1. The molecule has 0 saturated carbocycles. The zero-order valence-corrected chi connectivity index (χ0v) is 28.4. The van der Waals surface area contributed by atoms with Gasteiger partial charge in [0, 0.05) is 39.8 Å². The number of nitrogens with one attached hydrogen (secondary N) is 2. The first-order valence-corrected chi connectivity index (χ1v) is 17.4. The highest BCUT2D eigenvalue weighted by molar-refractivity contribution is 8.16. The number of alkyl halides is 3. The SMILES string of the molecule is CC.CCCc1ccc(CNC(=O)[C@H]2CN(C(=O)NC(=NC)S/C=C/CCO)CCN2S(=O)(=O)c2ccc(OC(F)(F)F)cc2)cc1. The van der Waals surface area contributed by atoms with Crippen LogP contribution in [0, 0.1) is 0 Å². The molecule has 1 atom stereocenters. The van der Waals surface area contributed by atoms with Crippen molar-refractivity contribution in [2.75, 3.05) is 33.3 Å². The van der Waals surface area contributed by atoms with Gasteiger partial charge in [-0.3, -0.25) is 15.1 Å². The number of carbonyl (C=O) groups excluding carboxylic acids is 2. The minimum absolute atomic E-state index is 0.0334. The van der Waals surface area contributed by atoms with Crippen LogP contribution in [-0.4, -0.2) is 85.5 Å². The van der Waals surface area contributed by atoms with Gasteiger partial charge in [0.25, 0.3) is 0 Å². The first-order valence-electron chi connectivity index (χ1n) is 15.1. The number of hydrogen-bond acceptors (Lipinski definition) is 8. The van der Waals surface area contributed by atoms with Crippen molar-refractivity contribution in [2.24, 2.45) is 4.99 Å². The van der Waals surface area contributed by atoms with E-state index in [-0.39, 0.29) is 42.8 Å². The minimum atomic E-state index is -4.95. The van der Waals surface area contributed by atoms with Gasteiger partial charge in [0.2, 0.25) is 15.9 Å². The van der Waals surface area contributed by atoms with Gasteiger partial charge in [-0.15, -0.1) is 13.2 Å². The van der Waals surface area contributed by atoms with Crippen molar-refractivity contribution in [3.8, 4) is 5.75 Å². The molecular weight excluding hydrogens is 659 g/mol. The van der Waals surface area contributed by atoms with Crippen molar-refractivity contribution in [1.29, 1.82) is 0 Å². The van der Waals surface area contributed by atoms with Crippen LogP contribution in [0.15, 0.2) is 69.9 Å². The Hall–Kier alpha value is -3.60. The molecule has 11 nitrogen and oxygen atoms in total. The molecule has 3 N–H and O–H groups in total. The quantitative estimate of drug-likeness (QED) is 0.224. The predicted octanol–water partition coefficient (Wildman–Crippen LogP) is 4.88. The van der Waals surface area contributed by atoms with Gasteiger partial charge < -0.3 is 20.1 Å². The molecule has 1 fully saturated rings. The van der Waals surface area contributed by atoms with Crippen LogP contribution in [0.25, 0.3) is 0 Å². The first kappa shape index (κ1) is 39.6. The molecule has 1 saturated heterocycles. The second kappa shape index (κ2) is 19.3. The van der Waals surface area contributed by atoms with Gasteiger partial charge in [-0.05, 0) is 53.6 Å². The Morgan fingerprint density at radius 3 is 2.30 bits per heavy atom. The molecule has 0 unspecified atom stereocenters. The maximum atomic E-state index is 13.7. The summed E-state index contributed by atoms with van der Waals surface area (Å²) in [5, 5.41) is 16.2. The van der Waals surface area contributed by atoms with E-state index in [9.17, 15) is 31.2 Å². The summed E-state index contributed by atoms with van der Waals surface area (Å²) in [7, 11) is -2.91. The summed E-state index contributed by atoms with van der Waals surface area (Å²) < 4.78 is 69.9. The molecule has 2 aromatic rings. The van der Waals surface area contributed by atoms with Gasteiger partial charge in [0.1, 0.15) is 11.8 Å². The highest BCUT2D eigenvalue weighted by Crippen LogP contribution is 2.27. The number of urea groups is 1. The van der Waals surface area contributed by atoms with Crippen LogP contribution >= 0.6 is 11.8 Å². The standard InChI is InChI=1S/C29H36F3N5O6S2.C2H6/c1-3-6-21-7-9-22(10-8-21)19-34-26(39)25-20-36(28(40)35-27(33-2)44-18-5-4-17-38)15-16-37(25)45(41,42)24-13-11-23(12-14-24)43-29(30,31)32;1-2/h5,7-14,18,25,38H,3-4,6,15-17,19-20H2,1-2H3,(H,34,39)(H,33,35,40);1-2H3/b18-5+;/t25-;/m1./s1. The van der Waals surface area contributed by atoms with Gasteiger partial charge in [-0.25, -0.2) is 13.2 Å². The number of amides is 3. The maximum Gasteiger partial charge on any atom is 0.573 e. The molecule has 2 aromatic carbocycles. The topological polar surface area (TPSA) is 141 Å². The fourth-order valence-corrected chi connectivity index (χ4v) is 6.57. The summed E-state index contributed by atoms with van der Waals surface area (Å²) in [6.45, 7) is 5.50. The molecule has 0 aliphatic carbocycles. The Morgan fingerprint density at radius 1 is 1.09 bits per heavy atom. The van der Waals surface area contributed by atoms with Gasteiger partial charge in [0.15, 0.2) is 5.17 Å². The Bertz CT molecular complexity index is 1450. The second-order valence-corrected chi connectivity index (χ2v) is 12.6. The van der Waals surface area contributed by atoms with Crippen LogP contribution in [0.1, 0.15) is 44.7 Å². The summed E-state index contributed by atoms with van der Waals surface area (Å²) in [6, 6.07) is 9.36. The van der Waals surface area contributed by atoms with Crippen molar-refractivity contribution in [3.63, 3.8) is 0 Å². The average Bonchev–Trinajstić information content (AvgIpc) is 3.06. The highest BCUT2D eigenvalue weighted by Gasteiger charge is 2.41. The number of aliphatic imine (C=N–C) groups is 1. The lowest BCUT2D eigenvalue weighted by Gasteiger charge is -2.39. The number of thioether (sulfide) groups is 1. The van der Waals surface area contributed by atoms with Crippen LogP contribution in [-0.2, 0) is 27.8 Å². The lowest BCUT2D eigenvalue weighted by atomic mass is 10.1. The van der Waals surface area contributed by atoms with Gasteiger partial charge in [0.05, 0.1) is 4.90 Å². The van der Waals surface area contributed by atoms with E-state index in [0.717, 1.165) is 64.3 Å². The van der Waals surface area contributed by atoms with E-state index in [1.165, 1.54) is 11.9 Å². The molecule has 0 bridgehead atoms. The first-order chi connectivity index (χ1) is 22.4. The third kappa shape index (κ3) is 12.5. The normalized spacial score (nSPS) is 16.0. The number of rotatable bonds is 11. The number of carbonyl (C=O) groups is 2. The average molecular weight is 702 g/mol. The molecule has 1 heterocycles. The summed E-state index contributed by atoms with van der Waals surface area (Å²) in [5.41, 5.74) is 1.93. The molecule has 3 amide bonds. The zero-order valence-electron chi connectivity index (χ0n) is 26.8. The monoisotopic (exact) mass is 701 g/mol. The lowest BCUT2D eigenvalue weighted by molar-refractivity contribution is -0.274. The fourth-order valence-electron chi connectivity index (χ4n) is 4.38. The molecule has 47 heavy (non-hydrogen) atoms. The van der Waals surface area contributed by atoms with E-state index in [1.807, 2.05) is 38.1 Å². The van der Waals surface area contributed by atoms with Crippen LogP contribution in [0.2, 0.25) is 0 Å².